The summed E-state index contributed by atoms with van der Waals surface area (Å²) >= 11 is 0. The third kappa shape index (κ3) is 3.61. The van der Waals surface area contributed by atoms with E-state index in [1.165, 1.54) is 5.56 Å². The first-order chi connectivity index (χ1) is 15.0. The van der Waals surface area contributed by atoms with Crippen molar-refractivity contribution >= 4 is 11.6 Å². The molecule has 4 heteroatoms. The van der Waals surface area contributed by atoms with E-state index in [0.717, 1.165) is 64.1 Å². The molecule has 0 fully saturated rings. The van der Waals surface area contributed by atoms with Gasteiger partial charge in [0.2, 0.25) is 0 Å². The number of nitrogens with zero attached hydrogens (tertiary/aromatic N) is 1. The fraction of sp³-hybridized carbons (Fsp3) is 0.296. The molecule has 0 bridgehead atoms. The summed E-state index contributed by atoms with van der Waals surface area (Å²) in [7, 11) is 0. The van der Waals surface area contributed by atoms with Crippen molar-refractivity contribution in [1.82, 2.24) is 0 Å². The minimum atomic E-state index is 0.0233. The summed E-state index contributed by atoms with van der Waals surface area (Å²) in [4.78, 5) is 15.5. The van der Waals surface area contributed by atoms with Gasteiger partial charge in [0.1, 0.15) is 12.4 Å². The van der Waals surface area contributed by atoms with Crippen LogP contribution in [-0.2, 0) is 26.1 Å². The number of fused-ring (bicyclic) bond motifs is 4. The molecular weight excluding hydrogens is 386 g/mol. The lowest BCUT2D eigenvalue weighted by molar-refractivity contribution is 0.0981. The zero-order valence-electron chi connectivity index (χ0n) is 18.0. The molecule has 0 radical (unpaired) electrons. The number of aliphatic hydroxyl groups is 1. The van der Waals surface area contributed by atoms with Gasteiger partial charge in [-0.2, -0.15) is 0 Å². The zero-order valence-corrected chi connectivity index (χ0v) is 18.0. The van der Waals surface area contributed by atoms with Gasteiger partial charge in [-0.15, -0.1) is 0 Å². The second-order valence-corrected chi connectivity index (χ2v) is 8.75. The molecule has 5 rings (SSSR count). The number of rotatable bonds is 4. The van der Waals surface area contributed by atoms with E-state index in [0.29, 0.717) is 6.61 Å². The molecule has 0 saturated carbocycles. The number of aryl methyl sites for hydroxylation is 3. The lowest BCUT2D eigenvalue weighted by Crippen LogP contribution is -2.36. The predicted octanol–water partition coefficient (Wildman–Crippen LogP) is 4.89. The van der Waals surface area contributed by atoms with Gasteiger partial charge in [-0.25, -0.2) is 0 Å². The van der Waals surface area contributed by atoms with Crippen molar-refractivity contribution in [3.8, 4) is 5.75 Å². The van der Waals surface area contributed by atoms with Gasteiger partial charge in [0.25, 0.3) is 5.91 Å². The van der Waals surface area contributed by atoms with Gasteiger partial charge in [-0.1, -0.05) is 42.0 Å². The van der Waals surface area contributed by atoms with Gasteiger partial charge in [0.05, 0.1) is 6.61 Å². The first-order valence-electron chi connectivity index (χ1n) is 10.9. The molecule has 31 heavy (non-hydrogen) atoms. The van der Waals surface area contributed by atoms with E-state index >= 15 is 0 Å². The van der Waals surface area contributed by atoms with Crippen LogP contribution in [0.25, 0.3) is 0 Å². The van der Waals surface area contributed by atoms with E-state index in [4.69, 9.17) is 4.74 Å². The van der Waals surface area contributed by atoms with E-state index < -0.39 is 0 Å². The summed E-state index contributed by atoms with van der Waals surface area (Å²) in [5.41, 5.74) is 8.18. The molecule has 1 amide bonds. The number of benzene rings is 3. The molecule has 0 spiro atoms. The zero-order chi connectivity index (χ0) is 21.5. The second kappa shape index (κ2) is 7.86. The Morgan fingerprint density at radius 2 is 1.84 bits per heavy atom. The Balaban J connectivity index is 1.42. The maximum absolute atomic E-state index is 13.5. The second-order valence-electron chi connectivity index (χ2n) is 8.75. The Morgan fingerprint density at radius 3 is 2.68 bits per heavy atom. The summed E-state index contributed by atoms with van der Waals surface area (Å²) in [6.07, 6.45) is 2.75. The SMILES string of the molecule is Cc1cc(CO)cc(COc2cc3c(cc2C)C(=O)N2c4ccccc4C[C@H]2CC3)c1. The number of hydrogen-bond donors (Lipinski definition) is 1. The highest BCUT2D eigenvalue weighted by molar-refractivity contribution is 6.09. The molecule has 0 unspecified atom stereocenters. The maximum Gasteiger partial charge on any atom is 0.258 e. The summed E-state index contributed by atoms with van der Waals surface area (Å²) in [5.74, 6) is 0.921. The Morgan fingerprint density at radius 1 is 1.03 bits per heavy atom. The largest absolute Gasteiger partial charge is 0.489 e. The lowest BCUT2D eigenvalue weighted by Gasteiger charge is -2.23. The average molecular weight is 414 g/mol. The number of amides is 1. The highest BCUT2D eigenvalue weighted by Gasteiger charge is 2.37. The van der Waals surface area contributed by atoms with Crippen LogP contribution in [0.4, 0.5) is 5.69 Å². The lowest BCUT2D eigenvalue weighted by atomic mass is 9.98. The van der Waals surface area contributed by atoms with Crippen LogP contribution >= 0.6 is 0 Å². The smallest absolute Gasteiger partial charge is 0.258 e. The number of para-hydroxylation sites is 1. The van der Waals surface area contributed by atoms with E-state index in [1.807, 2.05) is 43.0 Å². The number of ether oxygens (including phenoxy) is 1. The summed E-state index contributed by atoms with van der Waals surface area (Å²) in [5, 5.41) is 9.45. The number of anilines is 1. The molecule has 1 N–H and O–H groups in total. The van der Waals surface area contributed by atoms with Crippen LogP contribution in [0.15, 0.2) is 54.6 Å². The van der Waals surface area contributed by atoms with Crippen LogP contribution in [0.2, 0.25) is 0 Å². The van der Waals surface area contributed by atoms with Crippen molar-refractivity contribution in [1.29, 1.82) is 0 Å². The maximum atomic E-state index is 13.5. The number of aliphatic hydroxyl groups excluding tert-OH is 1. The van der Waals surface area contributed by atoms with Crippen LogP contribution in [0.3, 0.4) is 0 Å². The monoisotopic (exact) mass is 413 g/mol. The Hall–Kier alpha value is -3.11. The summed E-state index contributed by atoms with van der Waals surface area (Å²) in [6.45, 7) is 4.48. The fourth-order valence-corrected chi connectivity index (χ4v) is 4.99. The van der Waals surface area contributed by atoms with Crippen LogP contribution < -0.4 is 9.64 Å². The van der Waals surface area contributed by atoms with E-state index in [1.54, 1.807) is 0 Å². The molecule has 0 aromatic heterocycles. The van der Waals surface area contributed by atoms with E-state index in [2.05, 4.69) is 30.3 Å². The molecule has 2 aliphatic heterocycles. The molecule has 158 valence electrons. The molecule has 4 nitrogen and oxygen atoms in total. The number of carbonyl (C=O) groups is 1. The van der Waals surface area contributed by atoms with E-state index in [-0.39, 0.29) is 18.6 Å². The van der Waals surface area contributed by atoms with Gasteiger partial charge in [0.15, 0.2) is 0 Å². The van der Waals surface area contributed by atoms with Gasteiger partial charge in [0, 0.05) is 17.3 Å². The molecule has 2 heterocycles. The van der Waals surface area contributed by atoms with Crippen molar-refractivity contribution < 1.29 is 14.6 Å². The molecule has 3 aromatic rings. The van der Waals surface area contributed by atoms with Gasteiger partial charge in [-0.3, -0.25) is 4.79 Å². The quantitative estimate of drug-likeness (QED) is 0.662. The van der Waals surface area contributed by atoms with Crippen molar-refractivity contribution in [2.75, 3.05) is 4.90 Å². The average Bonchev–Trinajstić information content (AvgIpc) is 3.08. The summed E-state index contributed by atoms with van der Waals surface area (Å²) < 4.78 is 6.16. The van der Waals surface area contributed by atoms with Crippen LogP contribution in [0.1, 0.15) is 50.2 Å². The van der Waals surface area contributed by atoms with Crippen molar-refractivity contribution in [2.45, 2.75) is 52.4 Å². The third-order valence-corrected chi connectivity index (χ3v) is 6.44. The molecule has 1 atom stereocenters. The number of hydrogen-bond acceptors (Lipinski definition) is 3. The first-order valence-corrected chi connectivity index (χ1v) is 10.9. The predicted molar refractivity (Wildman–Crippen MR) is 122 cm³/mol. The fourth-order valence-electron chi connectivity index (χ4n) is 4.99. The Labute approximate surface area is 183 Å². The molecule has 3 aromatic carbocycles. The minimum absolute atomic E-state index is 0.0233. The van der Waals surface area contributed by atoms with Gasteiger partial charge >= 0.3 is 0 Å². The molecule has 2 aliphatic rings. The third-order valence-electron chi connectivity index (χ3n) is 6.44. The van der Waals surface area contributed by atoms with Crippen LogP contribution in [-0.4, -0.2) is 17.1 Å². The Bertz CT molecular complexity index is 1170. The molecule has 0 aliphatic carbocycles. The molecule has 0 saturated heterocycles. The molecular formula is C27H27NO3. The van der Waals surface area contributed by atoms with Crippen molar-refractivity contribution in [3.63, 3.8) is 0 Å². The standard InChI is InChI=1S/C27H27NO3/c1-17-9-19(15-29)12-20(10-17)16-31-26-14-21-7-8-23-13-22-5-3-4-6-25(22)28(23)27(30)24(21)11-18(26)2/h3-6,9-12,14,23,29H,7-8,13,15-16H2,1-2H3/t23-/m1/s1. The van der Waals surface area contributed by atoms with Crippen LogP contribution in [0.5, 0.6) is 5.75 Å². The summed E-state index contributed by atoms with van der Waals surface area (Å²) in [6, 6.07) is 18.6. The highest BCUT2D eigenvalue weighted by atomic mass is 16.5. The van der Waals surface area contributed by atoms with Gasteiger partial charge in [-0.05, 0) is 79.1 Å². The first kappa shape index (κ1) is 19.8. The minimum Gasteiger partial charge on any atom is -0.489 e. The normalized spacial score (nSPS) is 17.1. The van der Waals surface area contributed by atoms with Gasteiger partial charge < -0.3 is 14.7 Å². The topological polar surface area (TPSA) is 49.8 Å². The van der Waals surface area contributed by atoms with Crippen LogP contribution in [0, 0.1) is 13.8 Å². The van der Waals surface area contributed by atoms with Crippen molar-refractivity contribution in [2.24, 2.45) is 0 Å². The number of carbonyl (C=O) groups excluding carboxylic acids is 1. The van der Waals surface area contributed by atoms with Crippen molar-refractivity contribution in [3.05, 3.63) is 93.5 Å². The van der Waals surface area contributed by atoms with E-state index in [9.17, 15) is 9.90 Å². The Kier molecular flexibility index (Phi) is 5.03. The highest BCUT2D eigenvalue weighted by Crippen LogP contribution is 2.39.